The number of ether oxygens (including phenoxy) is 2. The maximum absolute atomic E-state index is 13.5. The summed E-state index contributed by atoms with van der Waals surface area (Å²) in [4.78, 5) is 41.0. The molecule has 1 aliphatic heterocycles. The molecule has 0 radical (unpaired) electrons. The summed E-state index contributed by atoms with van der Waals surface area (Å²) in [7, 11) is 0. The van der Waals surface area contributed by atoms with Gasteiger partial charge in [-0.1, -0.05) is 11.6 Å². The number of esters is 1. The van der Waals surface area contributed by atoms with Gasteiger partial charge in [0.2, 0.25) is 6.10 Å². The number of rotatable bonds is 7. The van der Waals surface area contributed by atoms with E-state index in [4.69, 9.17) is 8.85 Å². The first-order valence-electron chi connectivity index (χ1n) is 9.02. The summed E-state index contributed by atoms with van der Waals surface area (Å²) in [5, 5.41) is 17.9. The number of alkyl halides is 3. The Hall–Kier alpha value is -3.58. The highest BCUT2D eigenvalue weighted by Gasteiger charge is 2.49. The summed E-state index contributed by atoms with van der Waals surface area (Å²) in [6, 6.07) is 3.01. The standard InChI is InChI=1S/C15H13F3N2O9/c1-7-3-4-11-9(5-7)6-10(12(27-11)15(16,17)18)13(21)26-8(2)14(28-19(22)23)29-20(24)25/h3-6,8,12,14H,1-2H3/i1D3. The Morgan fingerprint density at radius 3 is 2.41 bits per heavy atom. The quantitative estimate of drug-likeness (QED) is 0.279. The number of carbonyl (C=O) groups excluding carboxylic acids is 1. The minimum absolute atomic E-state index is 0.182. The van der Waals surface area contributed by atoms with Gasteiger partial charge in [0.05, 0.1) is 5.57 Å². The van der Waals surface area contributed by atoms with Gasteiger partial charge in [-0.3, -0.25) is 9.68 Å². The molecule has 29 heavy (non-hydrogen) atoms. The minimum Gasteiger partial charge on any atom is -0.475 e. The number of hydrogen-bond donors (Lipinski definition) is 0. The number of aryl methyl sites for hydroxylation is 1. The first kappa shape index (κ1) is 17.5. The molecule has 1 heterocycles. The summed E-state index contributed by atoms with van der Waals surface area (Å²) in [5.74, 6) is -2.08. The molecule has 2 unspecified atom stereocenters. The Morgan fingerprint density at radius 1 is 1.28 bits per heavy atom. The van der Waals surface area contributed by atoms with E-state index in [2.05, 4.69) is 14.4 Å². The van der Waals surface area contributed by atoms with Crippen LogP contribution in [0.4, 0.5) is 13.2 Å². The van der Waals surface area contributed by atoms with E-state index >= 15 is 0 Å². The highest BCUT2D eigenvalue weighted by atomic mass is 19.4. The van der Waals surface area contributed by atoms with Gasteiger partial charge in [0.25, 0.3) is 16.5 Å². The van der Waals surface area contributed by atoms with Gasteiger partial charge in [0, 0.05) is 9.68 Å². The molecule has 0 amide bonds. The van der Waals surface area contributed by atoms with Gasteiger partial charge in [-0.25, -0.2) is 4.79 Å². The lowest BCUT2D eigenvalue weighted by Gasteiger charge is -2.29. The van der Waals surface area contributed by atoms with Crippen LogP contribution in [0.15, 0.2) is 23.8 Å². The Balaban J connectivity index is 2.39. The zero-order chi connectivity index (χ0) is 24.4. The second-order valence-corrected chi connectivity index (χ2v) is 5.53. The Labute approximate surface area is 164 Å². The molecule has 0 saturated heterocycles. The predicted octanol–water partition coefficient (Wildman–Crippen LogP) is 2.38. The van der Waals surface area contributed by atoms with Crippen molar-refractivity contribution in [3.8, 4) is 5.75 Å². The van der Waals surface area contributed by atoms with Crippen LogP contribution in [-0.4, -0.2) is 40.8 Å². The molecular weight excluding hydrogens is 409 g/mol. The third kappa shape index (κ3) is 5.46. The van der Waals surface area contributed by atoms with Gasteiger partial charge in [-0.05, 0) is 32.0 Å². The largest absolute Gasteiger partial charge is 0.475 e. The molecule has 2 rings (SSSR count). The van der Waals surface area contributed by atoms with Crippen LogP contribution in [0.25, 0.3) is 6.08 Å². The average Bonchev–Trinajstić information content (AvgIpc) is 2.63. The lowest BCUT2D eigenvalue weighted by Crippen LogP contribution is -2.43. The zero-order valence-electron chi connectivity index (χ0n) is 17.2. The van der Waals surface area contributed by atoms with Crippen molar-refractivity contribution in [1.29, 1.82) is 0 Å². The van der Waals surface area contributed by atoms with E-state index in [1.807, 2.05) is 0 Å². The molecule has 14 heteroatoms. The molecule has 0 fully saturated rings. The average molecular weight is 425 g/mol. The molecule has 0 aromatic heterocycles. The fourth-order valence-corrected chi connectivity index (χ4v) is 2.26. The van der Waals surface area contributed by atoms with Gasteiger partial charge < -0.3 is 9.47 Å². The van der Waals surface area contributed by atoms with E-state index in [0.717, 1.165) is 25.1 Å². The highest BCUT2D eigenvalue weighted by Crippen LogP contribution is 2.38. The predicted molar refractivity (Wildman–Crippen MR) is 85.1 cm³/mol. The summed E-state index contributed by atoms with van der Waals surface area (Å²) < 4.78 is 72.0. The van der Waals surface area contributed by atoms with Crippen LogP contribution < -0.4 is 4.74 Å². The third-order valence-electron chi connectivity index (χ3n) is 3.44. The van der Waals surface area contributed by atoms with Gasteiger partial charge in [-0.2, -0.15) is 13.2 Å². The fraction of sp³-hybridized carbons (Fsp3) is 0.400. The molecule has 1 aliphatic rings. The number of nitrogens with zero attached hydrogens (tertiary/aromatic N) is 2. The van der Waals surface area contributed by atoms with E-state index in [1.54, 1.807) is 0 Å². The van der Waals surface area contributed by atoms with Gasteiger partial charge >= 0.3 is 12.1 Å². The second-order valence-electron chi connectivity index (χ2n) is 5.53. The first-order chi connectivity index (χ1) is 14.6. The van der Waals surface area contributed by atoms with Crippen molar-refractivity contribution in [1.82, 2.24) is 0 Å². The van der Waals surface area contributed by atoms with E-state index in [9.17, 15) is 38.2 Å². The minimum atomic E-state index is -5.12. The van der Waals surface area contributed by atoms with Crippen molar-refractivity contribution in [2.75, 3.05) is 0 Å². The lowest BCUT2D eigenvalue weighted by atomic mass is 10.00. The maximum atomic E-state index is 13.5. The van der Waals surface area contributed by atoms with Gasteiger partial charge in [-0.15, -0.1) is 20.2 Å². The van der Waals surface area contributed by atoms with Gasteiger partial charge in [0.1, 0.15) is 5.75 Å². The van der Waals surface area contributed by atoms with Crippen molar-refractivity contribution in [2.24, 2.45) is 0 Å². The summed E-state index contributed by atoms with van der Waals surface area (Å²) in [6.45, 7) is -1.77. The molecule has 1 aromatic carbocycles. The molecule has 0 saturated carbocycles. The van der Waals surface area contributed by atoms with Crippen LogP contribution in [-0.2, 0) is 19.2 Å². The number of hydrogen-bond acceptors (Lipinski definition) is 9. The van der Waals surface area contributed by atoms with E-state index in [1.165, 1.54) is 0 Å². The van der Waals surface area contributed by atoms with E-state index < -0.39 is 53.2 Å². The van der Waals surface area contributed by atoms with Crippen LogP contribution >= 0.6 is 0 Å². The van der Waals surface area contributed by atoms with Crippen molar-refractivity contribution in [2.45, 2.75) is 38.4 Å². The Kier molecular flexibility index (Phi) is 4.95. The summed E-state index contributed by atoms with van der Waals surface area (Å²) in [5.41, 5.74) is -1.57. The monoisotopic (exact) mass is 425 g/mol. The number of benzene rings is 1. The maximum Gasteiger partial charge on any atom is 0.430 e. The normalized spacial score (nSPS) is 18.7. The smallest absolute Gasteiger partial charge is 0.430 e. The molecule has 11 nitrogen and oxygen atoms in total. The zero-order valence-corrected chi connectivity index (χ0v) is 14.2. The van der Waals surface area contributed by atoms with Gasteiger partial charge in [0.15, 0.2) is 6.10 Å². The fourth-order valence-electron chi connectivity index (χ4n) is 2.26. The molecule has 0 N–H and O–H groups in total. The van der Waals surface area contributed by atoms with Crippen molar-refractivity contribution < 1.29 is 51.4 Å². The highest BCUT2D eigenvalue weighted by molar-refractivity contribution is 5.96. The number of halogens is 3. The molecular formula is C15H13F3N2O9. The Bertz CT molecular complexity index is 936. The van der Waals surface area contributed by atoms with Crippen LogP contribution in [0.3, 0.4) is 0 Å². The van der Waals surface area contributed by atoms with Crippen molar-refractivity contribution in [3.05, 3.63) is 55.1 Å². The van der Waals surface area contributed by atoms with Crippen molar-refractivity contribution in [3.63, 3.8) is 0 Å². The van der Waals surface area contributed by atoms with Crippen molar-refractivity contribution >= 4 is 12.0 Å². The van der Waals surface area contributed by atoms with Crippen LogP contribution in [0.2, 0.25) is 0 Å². The topological polar surface area (TPSA) is 140 Å². The SMILES string of the molecule is [2H]C([2H])([2H])c1ccc2c(c1)C=C(C(=O)OC(C)C(O[N+](=O)[O-])O[N+](=O)[O-])C(C(F)(F)F)O2. The van der Waals surface area contributed by atoms with Crippen LogP contribution in [0.1, 0.15) is 22.2 Å². The Morgan fingerprint density at radius 2 is 1.90 bits per heavy atom. The molecule has 2 atom stereocenters. The molecule has 0 aliphatic carbocycles. The molecule has 0 bridgehead atoms. The van der Waals surface area contributed by atoms with E-state index in [-0.39, 0.29) is 16.9 Å². The lowest BCUT2D eigenvalue weighted by molar-refractivity contribution is -0.853. The second kappa shape index (κ2) is 8.20. The number of carbonyl (C=O) groups is 1. The number of fused-ring (bicyclic) bond motifs is 1. The first-order valence-corrected chi connectivity index (χ1v) is 7.52. The third-order valence-corrected chi connectivity index (χ3v) is 3.44. The molecule has 0 spiro atoms. The van der Waals surface area contributed by atoms with E-state index in [0.29, 0.717) is 6.08 Å². The van der Waals surface area contributed by atoms with Crippen LogP contribution in [0, 0.1) is 27.1 Å². The molecule has 1 aromatic rings. The summed E-state index contributed by atoms with van der Waals surface area (Å²) >= 11 is 0. The summed E-state index contributed by atoms with van der Waals surface area (Å²) in [6.07, 6.45) is -11.6. The molecule has 158 valence electrons. The van der Waals surface area contributed by atoms with Crippen LogP contribution in [0.5, 0.6) is 5.75 Å².